The van der Waals surface area contributed by atoms with Crippen LogP contribution in [-0.2, 0) is 42.2 Å². The summed E-state index contributed by atoms with van der Waals surface area (Å²) >= 11 is 0. The Kier molecular flexibility index (Phi) is 9.89. The van der Waals surface area contributed by atoms with E-state index in [1.165, 1.54) is 6.92 Å². The van der Waals surface area contributed by atoms with Gasteiger partial charge < -0.3 is 11.7 Å². The maximum atomic E-state index is 9.78. The van der Waals surface area contributed by atoms with Crippen LogP contribution in [-0.4, -0.2) is 12.6 Å². The second-order valence-electron chi connectivity index (χ2n) is 0.840. The van der Waals surface area contributed by atoms with E-state index < -0.39 is 0 Å². The number of carbonyl (C=O) groups excluding carboxylic acids is 1. The van der Waals surface area contributed by atoms with Gasteiger partial charge in [0.25, 0.3) is 5.97 Å². The summed E-state index contributed by atoms with van der Waals surface area (Å²) in [5.41, 5.74) is 0. The first-order valence-corrected chi connectivity index (χ1v) is 1.70. The summed E-state index contributed by atoms with van der Waals surface area (Å²) in [6.07, 6.45) is 0. The van der Waals surface area contributed by atoms with Crippen LogP contribution in [0.2, 0.25) is 0 Å². The molecule has 0 aromatic carbocycles. The molecule has 2 nitrogen and oxygen atoms in total. The van der Waals surface area contributed by atoms with Crippen LogP contribution in [0.4, 0.5) is 0 Å². The van der Waals surface area contributed by atoms with E-state index >= 15 is 0 Å². The summed E-state index contributed by atoms with van der Waals surface area (Å²) in [4.78, 5) is 9.78. The first kappa shape index (κ1) is 10.5. The minimum absolute atomic E-state index is 0. The maximum absolute atomic E-state index is 9.78. The fraction of sp³-hybridized carbons (Fsp3) is 0.500. The average molecular weight is 176 g/mol. The van der Waals surface area contributed by atoms with Crippen LogP contribution in [0.5, 0.6) is 0 Å². The molecule has 0 amide bonds. The molecular weight excluding hydrogens is 169 g/mol. The van der Waals surface area contributed by atoms with Crippen LogP contribution in [0, 0.1) is 6.92 Å². The Bertz CT molecular complexity index is 53.7. The van der Waals surface area contributed by atoms with E-state index in [9.17, 15) is 4.79 Å². The molecule has 0 aromatic rings. The number of hydrogen-bond acceptors (Lipinski definition) is 2. The van der Waals surface area contributed by atoms with Crippen LogP contribution in [0.15, 0.2) is 0 Å². The molecule has 0 radical (unpaired) electrons. The Hall–Kier alpha value is 0.574. The minimum Gasteiger partial charge on any atom is -0.499 e. The van der Waals surface area contributed by atoms with E-state index in [1.54, 1.807) is 0 Å². The number of rotatable bonds is 1. The van der Waals surface area contributed by atoms with Gasteiger partial charge in [-0.05, 0) is 6.61 Å². The zero-order valence-corrected chi connectivity index (χ0v) is 7.15. The SMILES string of the molecule is [CH2-]COC(C)=O.[Y+3]. The molecule has 0 rings (SSSR count). The normalized spacial score (nSPS) is 6.57. The monoisotopic (exact) mass is 176 g/mol. The Morgan fingerprint density at radius 1 is 1.86 bits per heavy atom. The predicted molar refractivity (Wildman–Crippen MR) is 22.0 cm³/mol. The molecule has 0 aromatic heterocycles. The van der Waals surface area contributed by atoms with E-state index in [0.29, 0.717) is 0 Å². The van der Waals surface area contributed by atoms with Crippen LogP contribution in [0.3, 0.4) is 0 Å². The minimum atomic E-state index is -0.273. The molecule has 0 spiro atoms. The molecule has 0 aliphatic rings. The van der Waals surface area contributed by atoms with Crippen molar-refractivity contribution in [2.75, 3.05) is 6.61 Å². The first-order valence-electron chi connectivity index (χ1n) is 1.70. The average Bonchev–Trinajstić information content (AvgIpc) is 1.35. The fourth-order valence-corrected chi connectivity index (χ4v) is 0.144. The van der Waals surface area contributed by atoms with Crippen molar-refractivity contribution < 1.29 is 42.2 Å². The van der Waals surface area contributed by atoms with Crippen molar-refractivity contribution >= 4 is 5.97 Å². The maximum Gasteiger partial charge on any atom is 3.00 e. The second kappa shape index (κ2) is 6.57. The van der Waals surface area contributed by atoms with Crippen molar-refractivity contribution in [1.29, 1.82) is 0 Å². The number of hydrogen-bond donors (Lipinski definition) is 0. The molecule has 0 aliphatic heterocycles. The molecule has 0 bridgehead atoms. The molecule has 0 aliphatic carbocycles. The largest absolute Gasteiger partial charge is 3.00 e. The summed E-state index contributed by atoms with van der Waals surface area (Å²) < 4.78 is 4.29. The summed E-state index contributed by atoms with van der Waals surface area (Å²) in [5.74, 6) is -0.273. The third-order valence-electron chi connectivity index (χ3n) is 0.305. The Morgan fingerprint density at radius 2 is 2.29 bits per heavy atom. The van der Waals surface area contributed by atoms with Gasteiger partial charge in [-0.1, -0.05) is 0 Å². The Morgan fingerprint density at radius 3 is 2.29 bits per heavy atom. The molecule has 0 saturated heterocycles. The Labute approximate surface area is 68.5 Å². The molecule has 7 heavy (non-hydrogen) atoms. The molecule has 0 unspecified atom stereocenters. The van der Waals surface area contributed by atoms with E-state index in [4.69, 9.17) is 0 Å². The van der Waals surface area contributed by atoms with E-state index in [2.05, 4.69) is 11.7 Å². The number of esters is 1. The van der Waals surface area contributed by atoms with Gasteiger partial charge in [-0.15, -0.1) is 0 Å². The number of ether oxygens (including phenoxy) is 1. The van der Waals surface area contributed by atoms with Gasteiger partial charge in [0.15, 0.2) is 0 Å². The van der Waals surface area contributed by atoms with Crippen LogP contribution < -0.4 is 0 Å². The predicted octanol–water partition coefficient (Wildman–Crippen LogP) is 0.381. The van der Waals surface area contributed by atoms with Gasteiger partial charge >= 0.3 is 32.7 Å². The summed E-state index contributed by atoms with van der Waals surface area (Å²) in [7, 11) is 0. The zero-order valence-electron chi connectivity index (χ0n) is 4.31. The second-order valence-corrected chi connectivity index (χ2v) is 0.840. The van der Waals surface area contributed by atoms with Crippen molar-refractivity contribution in [3.63, 3.8) is 0 Å². The van der Waals surface area contributed by atoms with Crippen LogP contribution in [0.25, 0.3) is 0 Å². The van der Waals surface area contributed by atoms with Gasteiger partial charge in [0.2, 0.25) is 0 Å². The van der Waals surface area contributed by atoms with Gasteiger partial charge in [0.1, 0.15) is 0 Å². The van der Waals surface area contributed by atoms with E-state index in [0.717, 1.165) is 0 Å². The molecule has 0 atom stereocenters. The fourth-order valence-electron chi connectivity index (χ4n) is 0.144. The van der Waals surface area contributed by atoms with Gasteiger partial charge in [-0.25, -0.2) is 0 Å². The smallest absolute Gasteiger partial charge is 0.499 e. The van der Waals surface area contributed by atoms with E-state index in [1.807, 2.05) is 0 Å². The first-order chi connectivity index (χ1) is 2.77. The quantitative estimate of drug-likeness (QED) is 0.426. The molecule has 3 heteroatoms. The number of carbonyl (C=O) groups is 1. The zero-order chi connectivity index (χ0) is 4.99. The van der Waals surface area contributed by atoms with Crippen molar-refractivity contribution in [3.05, 3.63) is 6.92 Å². The Balaban J connectivity index is 0. The third kappa shape index (κ3) is 10.8. The van der Waals surface area contributed by atoms with Gasteiger partial charge in [-0.3, -0.25) is 4.79 Å². The van der Waals surface area contributed by atoms with Gasteiger partial charge in [-0.2, -0.15) is 0 Å². The van der Waals surface area contributed by atoms with E-state index in [-0.39, 0.29) is 45.3 Å². The topological polar surface area (TPSA) is 26.3 Å². The van der Waals surface area contributed by atoms with Crippen molar-refractivity contribution in [1.82, 2.24) is 0 Å². The molecule has 0 saturated carbocycles. The molecule has 0 fully saturated rings. The third-order valence-corrected chi connectivity index (χ3v) is 0.305. The molecular formula is C4H7O2Y+2. The molecule has 0 N–H and O–H groups in total. The van der Waals surface area contributed by atoms with Gasteiger partial charge in [0.05, 0.1) is 0 Å². The standard InChI is InChI=1S/C4H7O2.Y/c1-3-6-4(2)5;/h1,3H2,2H3;/q-1;+3. The van der Waals surface area contributed by atoms with Crippen molar-refractivity contribution in [2.24, 2.45) is 0 Å². The van der Waals surface area contributed by atoms with Crippen LogP contribution in [0.1, 0.15) is 6.92 Å². The van der Waals surface area contributed by atoms with Crippen LogP contribution >= 0.6 is 0 Å². The molecule has 0 heterocycles. The van der Waals surface area contributed by atoms with Crippen molar-refractivity contribution in [3.8, 4) is 0 Å². The van der Waals surface area contributed by atoms with Gasteiger partial charge in [0, 0.05) is 6.92 Å². The molecule has 36 valence electrons. The summed E-state index contributed by atoms with van der Waals surface area (Å²) in [5, 5.41) is 0. The van der Waals surface area contributed by atoms with Crippen molar-refractivity contribution in [2.45, 2.75) is 6.92 Å². The summed E-state index contributed by atoms with van der Waals surface area (Å²) in [6.45, 7) is 4.87. The summed E-state index contributed by atoms with van der Waals surface area (Å²) in [6, 6.07) is 0.